The molecule has 118 valence electrons. The van der Waals surface area contributed by atoms with Crippen molar-refractivity contribution in [1.29, 1.82) is 5.26 Å². The SMILES string of the molecule is N#CCC(NC(=O)Nc1cccc2cnccc12)c1ccccc1. The van der Waals surface area contributed by atoms with Crippen LogP contribution in [0.25, 0.3) is 10.8 Å². The van der Waals surface area contributed by atoms with Gasteiger partial charge < -0.3 is 10.6 Å². The van der Waals surface area contributed by atoms with Crippen LogP contribution >= 0.6 is 0 Å². The van der Waals surface area contributed by atoms with E-state index in [1.54, 1.807) is 12.4 Å². The number of pyridine rings is 1. The van der Waals surface area contributed by atoms with E-state index in [0.29, 0.717) is 5.69 Å². The second-order valence-corrected chi connectivity index (χ2v) is 5.33. The highest BCUT2D eigenvalue weighted by Crippen LogP contribution is 2.22. The lowest BCUT2D eigenvalue weighted by atomic mass is 10.0. The molecule has 5 heteroatoms. The fourth-order valence-electron chi connectivity index (χ4n) is 2.58. The van der Waals surface area contributed by atoms with Crippen molar-refractivity contribution in [2.45, 2.75) is 12.5 Å². The van der Waals surface area contributed by atoms with Crippen LogP contribution in [0.2, 0.25) is 0 Å². The largest absolute Gasteiger partial charge is 0.330 e. The van der Waals surface area contributed by atoms with Gasteiger partial charge in [0.1, 0.15) is 0 Å². The zero-order chi connectivity index (χ0) is 16.8. The number of carbonyl (C=O) groups is 1. The number of carbonyl (C=O) groups excluding carboxylic acids is 1. The molecule has 1 aromatic heterocycles. The number of urea groups is 1. The predicted molar refractivity (Wildman–Crippen MR) is 93.3 cm³/mol. The zero-order valence-corrected chi connectivity index (χ0v) is 12.9. The summed E-state index contributed by atoms with van der Waals surface area (Å²) in [6.45, 7) is 0. The summed E-state index contributed by atoms with van der Waals surface area (Å²) in [4.78, 5) is 16.4. The molecule has 0 aliphatic rings. The van der Waals surface area contributed by atoms with Crippen LogP contribution in [0.4, 0.5) is 10.5 Å². The van der Waals surface area contributed by atoms with Crippen LogP contribution in [0, 0.1) is 11.3 Å². The number of aromatic nitrogens is 1. The van der Waals surface area contributed by atoms with Crippen LogP contribution in [-0.4, -0.2) is 11.0 Å². The first-order valence-corrected chi connectivity index (χ1v) is 7.60. The Morgan fingerprint density at radius 2 is 1.96 bits per heavy atom. The molecular weight excluding hydrogens is 300 g/mol. The highest BCUT2D eigenvalue weighted by atomic mass is 16.2. The Balaban J connectivity index is 1.77. The quantitative estimate of drug-likeness (QED) is 0.763. The molecule has 0 bridgehead atoms. The average molecular weight is 316 g/mol. The number of amides is 2. The van der Waals surface area contributed by atoms with Crippen LogP contribution in [-0.2, 0) is 0 Å². The molecule has 24 heavy (non-hydrogen) atoms. The molecule has 1 heterocycles. The lowest BCUT2D eigenvalue weighted by molar-refractivity contribution is 0.248. The maximum absolute atomic E-state index is 12.4. The van der Waals surface area contributed by atoms with Gasteiger partial charge in [-0.15, -0.1) is 0 Å². The van der Waals surface area contributed by atoms with Gasteiger partial charge in [-0.25, -0.2) is 4.79 Å². The van der Waals surface area contributed by atoms with Gasteiger partial charge in [-0.1, -0.05) is 42.5 Å². The second kappa shape index (κ2) is 7.25. The molecule has 0 fully saturated rings. The third kappa shape index (κ3) is 3.50. The van der Waals surface area contributed by atoms with Gasteiger partial charge in [0.2, 0.25) is 0 Å². The normalized spacial score (nSPS) is 11.5. The number of hydrogen-bond donors (Lipinski definition) is 2. The third-order valence-electron chi connectivity index (χ3n) is 3.73. The van der Waals surface area contributed by atoms with Crippen molar-refractivity contribution in [3.63, 3.8) is 0 Å². The lowest BCUT2D eigenvalue weighted by Gasteiger charge is -2.17. The highest BCUT2D eigenvalue weighted by molar-refractivity contribution is 6.01. The monoisotopic (exact) mass is 316 g/mol. The number of anilines is 1. The van der Waals surface area contributed by atoms with Crippen molar-refractivity contribution in [3.05, 3.63) is 72.6 Å². The molecule has 2 amide bonds. The van der Waals surface area contributed by atoms with Crippen molar-refractivity contribution in [3.8, 4) is 6.07 Å². The first-order chi connectivity index (χ1) is 11.8. The van der Waals surface area contributed by atoms with E-state index in [1.165, 1.54) is 0 Å². The predicted octanol–water partition coefficient (Wildman–Crippen LogP) is 4.01. The fourth-order valence-corrected chi connectivity index (χ4v) is 2.58. The highest BCUT2D eigenvalue weighted by Gasteiger charge is 2.14. The van der Waals surface area contributed by atoms with E-state index in [2.05, 4.69) is 21.7 Å². The first kappa shape index (κ1) is 15.5. The summed E-state index contributed by atoms with van der Waals surface area (Å²) in [5.74, 6) is 0. The Kier molecular flexibility index (Phi) is 4.68. The summed E-state index contributed by atoms with van der Waals surface area (Å²) in [5, 5.41) is 16.6. The zero-order valence-electron chi connectivity index (χ0n) is 12.9. The molecule has 0 radical (unpaired) electrons. The lowest BCUT2D eigenvalue weighted by Crippen LogP contribution is -2.32. The van der Waals surface area contributed by atoms with Gasteiger partial charge in [-0.3, -0.25) is 4.98 Å². The topological polar surface area (TPSA) is 77.8 Å². The molecule has 3 rings (SSSR count). The van der Waals surface area contributed by atoms with E-state index in [0.717, 1.165) is 16.3 Å². The molecule has 0 spiro atoms. The molecule has 0 aliphatic carbocycles. The summed E-state index contributed by atoms with van der Waals surface area (Å²) in [5.41, 5.74) is 1.60. The van der Waals surface area contributed by atoms with Crippen LogP contribution in [0.3, 0.4) is 0 Å². The van der Waals surface area contributed by atoms with Crippen molar-refractivity contribution >= 4 is 22.5 Å². The van der Waals surface area contributed by atoms with Gasteiger partial charge in [0, 0.05) is 23.2 Å². The van der Waals surface area contributed by atoms with E-state index >= 15 is 0 Å². The van der Waals surface area contributed by atoms with E-state index in [9.17, 15) is 4.79 Å². The Bertz CT molecular complexity index is 881. The molecule has 0 aliphatic heterocycles. The minimum absolute atomic E-state index is 0.205. The van der Waals surface area contributed by atoms with Crippen molar-refractivity contribution < 1.29 is 4.79 Å². The van der Waals surface area contributed by atoms with Crippen molar-refractivity contribution in [2.75, 3.05) is 5.32 Å². The van der Waals surface area contributed by atoms with Crippen molar-refractivity contribution in [2.24, 2.45) is 0 Å². The number of fused-ring (bicyclic) bond motifs is 1. The second-order valence-electron chi connectivity index (χ2n) is 5.33. The molecule has 2 aromatic carbocycles. The summed E-state index contributed by atoms with van der Waals surface area (Å²) in [6.07, 6.45) is 3.64. The summed E-state index contributed by atoms with van der Waals surface area (Å²) >= 11 is 0. The molecule has 1 unspecified atom stereocenters. The van der Waals surface area contributed by atoms with E-state index < -0.39 is 0 Å². The summed E-state index contributed by atoms with van der Waals surface area (Å²) in [7, 11) is 0. The molecule has 5 nitrogen and oxygen atoms in total. The van der Waals surface area contributed by atoms with Gasteiger partial charge in [-0.2, -0.15) is 5.26 Å². The Labute approximate surface area is 140 Å². The molecule has 3 aromatic rings. The number of rotatable bonds is 4. The number of nitrogens with zero attached hydrogens (tertiary/aromatic N) is 2. The molecule has 2 N–H and O–H groups in total. The van der Waals surface area contributed by atoms with E-state index in [4.69, 9.17) is 5.26 Å². The minimum Gasteiger partial charge on any atom is -0.330 e. The molecule has 0 saturated carbocycles. The minimum atomic E-state index is -0.354. The van der Waals surface area contributed by atoms with Gasteiger partial charge in [0.15, 0.2) is 0 Å². The number of hydrogen-bond acceptors (Lipinski definition) is 3. The van der Waals surface area contributed by atoms with Crippen LogP contribution in [0.1, 0.15) is 18.0 Å². The van der Waals surface area contributed by atoms with Crippen LogP contribution in [0.5, 0.6) is 0 Å². The van der Waals surface area contributed by atoms with Crippen LogP contribution in [0.15, 0.2) is 67.0 Å². The summed E-state index contributed by atoms with van der Waals surface area (Å²) in [6, 6.07) is 18.4. The maximum Gasteiger partial charge on any atom is 0.319 e. The molecule has 1 atom stereocenters. The summed E-state index contributed by atoms with van der Waals surface area (Å²) < 4.78 is 0. The fraction of sp³-hybridized carbons (Fsp3) is 0.105. The molecular formula is C19H16N4O. The maximum atomic E-state index is 12.4. The Morgan fingerprint density at radius 3 is 2.75 bits per heavy atom. The van der Waals surface area contributed by atoms with Gasteiger partial charge in [0.25, 0.3) is 0 Å². The van der Waals surface area contributed by atoms with Crippen LogP contribution < -0.4 is 10.6 Å². The van der Waals surface area contributed by atoms with E-state index in [1.807, 2.05) is 54.6 Å². The Hall–Kier alpha value is -3.39. The number of benzene rings is 2. The third-order valence-corrected chi connectivity index (χ3v) is 3.73. The smallest absolute Gasteiger partial charge is 0.319 e. The number of nitrogens with one attached hydrogen (secondary N) is 2. The Morgan fingerprint density at radius 1 is 1.12 bits per heavy atom. The van der Waals surface area contributed by atoms with Gasteiger partial charge in [0.05, 0.1) is 24.2 Å². The molecule has 0 saturated heterocycles. The van der Waals surface area contributed by atoms with E-state index in [-0.39, 0.29) is 18.5 Å². The first-order valence-electron chi connectivity index (χ1n) is 7.60. The number of nitriles is 1. The van der Waals surface area contributed by atoms with Gasteiger partial charge in [-0.05, 0) is 17.7 Å². The van der Waals surface area contributed by atoms with Crippen molar-refractivity contribution in [1.82, 2.24) is 10.3 Å². The standard InChI is InChI=1S/C19H16N4O/c20-11-9-17(14-5-2-1-3-6-14)22-19(24)23-18-8-4-7-15-13-21-12-10-16(15)18/h1-8,10,12-13,17H,9H2,(H2,22,23,24). The van der Waals surface area contributed by atoms with Gasteiger partial charge >= 0.3 is 6.03 Å². The average Bonchev–Trinajstić information content (AvgIpc) is 2.62.